The molecule has 5 nitrogen and oxygen atoms in total. The SMILES string of the molecule is Cc1cccc(C)c1C(=O)N[C@@H]1CCc2c(nc(C)n2CCO)C1. The van der Waals surface area contributed by atoms with Crippen LogP contribution < -0.4 is 5.32 Å². The highest BCUT2D eigenvalue weighted by Crippen LogP contribution is 2.23. The standard InChI is InChI=1S/C19H25N3O2/c1-12-5-4-6-13(2)18(12)19(24)21-15-7-8-17-16(11-15)20-14(3)22(17)9-10-23/h4-6,15,23H,7-11H2,1-3H3,(H,21,24)/t15-/m1/s1. The van der Waals surface area contributed by atoms with Crippen molar-refractivity contribution in [2.24, 2.45) is 0 Å². The Morgan fingerprint density at radius 2 is 2.04 bits per heavy atom. The maximum atomic E-state index is 12.7. The molecule has 0 saturated heterocycles. The maximum Gasteiger partial charge on any atom is 0.252 e. The zero-order chi connectivity index (χ0) is 17.3. The highest BCUT2D eigenvalue weighted by Gasteiger charge is 2.26. The first-order chi connectivity index (χ1) is 11.5. The number of fused-ring (bicyclic) bond motifs is 1. The number of carbonyl (C=O) groups is 1. The van der Waals surface area contributed by atoms with E-state index in [1.54, 1.807) is 0 Å². The molecular weight excluding hydrogens is 302 g/mol. The van der Waals surface area contributed by atoms with Gasteiger partial charge in [-0.25, -0.2) is 4.98 Å². The number of aryl methyl sites for hydroxylation is 3. The zero-order valence-corrected chi connectivity index (χ0v) is 14.6. The first-order valence-corrected chi connectivity index (χ1v) is 8.54. The molecule has 5 heteroatoms. The number of imidazole rings is 1. The Labute approximate surface area is 142 Å². The average molecular weight is 327 g/mol. The van der Waals surface area contributed by atoms with Gasteiger partial charge in [0.2, 0.25) is 0 Å². The van der Waals surface area contributed by atoms with Crippen LogP contribution in [0.25, 0.3) is 0 Å². The van der Waals surface area contributed by atoms with Gasteiger partial charge in [0.1, 0.15) is 5.82 Å². The van der Waals surface area contributed by atoms with Crippen molar-refractivity contribution in [3.63, 3.8) is 0 Å². The van der Waals surface area contributed by atoms with Crippen molar-refractivity contribution in [2.45, 2.75) is 52.6 Å². The molecule has 1 aliphatic carbocycles. The highest BCUT2D eigenvalue weighted by molar-refractivity contribution is 5.97. The fourth-order valence-electron chi connectivity index (χ4n) is 3.71. The first-order valence-electron chi connectivity index (χ1n) is 8.54. The second-order valence-corrected chi connectivity index (χ2v) is 6.61. The average Bonchev–Trinajstić information content (AvgIpc) is 2.83. The molecule has 24 heavy (non-hydrogen) atoms. The van der Waals surface area contributed by atoms with Crippen LogP contribution in [-0.4, -0.2) is 33.2 Å². The molecule has 1 aromatic heterocycles. The topological polar surface area (TPSA) is 67.2 Å². The van der Waals surface area contributed by atoms with Crippen molar-refractivity contribution in [2.75, 3.05) is 6.61 Å². The Hall–Kier alpha value is -2.14. The van der Waals surface area contributed by atoms with E-state index in [1.807, 2.05) is 39.0 Å². The molecule has 1 amide bonds. The van der Waals surface area contributed by atoms with E-state index in [-0.39, 0.29) is 18.6 Å². The van der Waals surface area contributed by atoms with Gasteiger partial charge in [-0.15, -0.1) is 0 Å². The number of benzene rings is 1. The molecule has 2 N–H and O–H groups in total. The first kappa shape index (κ1) is 16.7. The summed E-state index contributed by atoms with van der Waals surface area (Å²) < 4.78 is 2.10. The normalized spacial score (nSPS) is 16.8. The van der Waals surface area contributed by atoms with E-state index in [0.29, 0.717) is 6.54 Å². The molecule has 1 heterocycles. The molecule has 0 aliphatic heterocycles. The van der Waals surface area contributed by atoms with Crippen LogP contribution in [0.2, 0.25) is 0 Å². The largest absolute Gasteiger partial charge is 0.395 e. The number of amides is 1. The van der Waals surface area contributed by atoms with Gasteiger partial charge in [0.25, 0.3) is 5.91 Å². The number of carbonyl (C=O) groups excluding carboxylic acids is 1. The summed E-state index contributed by atoms with van der Waals surface area (Å²) >= 11 is 0. The maximum absolute atomic E-state index is 12.7. The van der Waals surface area contributed by atoms with Crippen molar-refractivity contribution >= 4 is 5.91 Å². The lowest BCUT2D eigenvalue weighted by Gasteiger charge is -2.24. The molecule has 128 valence electrons. The Kier molecular flexibility index (Phi) is 4.71. The number of nitrogens with zero attached hydrogens (tertiary/aromatic N) is 2. The van der Waals surface area contributed by atoms with Gasteiger partial charge in [-0.3, -0.25) is 4.79 Å². The molecule has 3 rings (SSSR count). The second-order valence-electron chi connectivity index (χ2n) is 6.61. The Balaban J connectivity index is 1.75. The second kappa shape index (κ2) is 6.77. The van der Waals surface area contributed by atoms with Crippen LogP contribution in [0, 0.1) is 20.8 Å². The zero-order valence-electron chi connectivity index (χ0n) is 14.6. The number of nitrogens with one attached hydrogen (secondary N) is 1. The minimum atomic E-state index is 0.00515. The third-order valence-corrected chi connectivity index (χ3v) is 4.88. The van der Waals surface area contributed by atoms with Crippen LogP contribution >= 0.6 is 0 Å². The van der Waals surface area contributed by atoms with Crippen LogP contribution in [0.3, 0.4) is 0 Å². The molecule has 1 aliphatic rings. The van der Waals surface area contributed by atoms with Crippen LogP contribution in [0.4, 0.5) is 0 Å². The molecule has 0 bridgehead atoms. The summed E-state index contributed by atoms with van der Waals surface area (Å²) in [5, 5.41) is 12.4. The summed E-state index contributed by atoms with van der Waals surface area (Å²) in [5.41, 5.74) is 5.06. The fourth-order valence-corrected chi connectivity index (χ4v) is 3.71. The molecule has 0 unspecified atom stereocenters. The summed E-state index contributed by atoms with van der Waals surface area (Å²) in [7, 11) is 0. The number of aliphatic hydroxyl groups excluding tert-OH is 1. The van der Waals surface area contributed by atoms with Gasteiger partial charge in [-0.05, 0) is 44.7 Å². The van der Waals surface area contributed by atoms with E-state index in [1.165, 1.54) is 5.69 Å². The van der Waals surface area contributed by atoms with Gasteiger partial charge in [-0.2, -0.15) is 0 Å². The number of aromatic nitrogens is 2. The van der Waals surface area contributed by atoms with Crippen LogP contribution in [-0.2, 0) is 19.4 Å². The number of hydrogen-bond donors (Lipinski definition) is 2. The summed E-state index contributed by atoms with van der Waals surface area (Å²) in [5.74, 6) is 0.946. The lowest BCUT2D eigenvalue weighted by atomic mass is 9.94. The van der Waals surface area contributed by atoms with Gasteiger partial charge < -0.3 is 15.0 Å². The minimum Gasteiger partial charge on any atom is -0.395 e. The monoisotopic (exact) mass is 327 g/mol. The van der Waals surface area contributed by atoms with Gasteiger partial charge in [0, 0.05) is 30.3 Å². The van der Waals surface area contributed by atoms with E-state index in [2.05, 4.69) is 14.9 Å². The summed E-state index contributed by atoms with van der Waals surface area (Å²) in [6, 6.07) is 6.04. The smallest absolute Gasteiger partial charge is 0.252 e. The van der Waals surface area contributed by atoms with Crippen LogP contribution in [0.1, 0.15) is 45.1 Å². The molecular formula is C19H25N3O2. The van der Waals surface area contributed by atoms with E-state index in [9.17, 15) is 9.90 Å². The van der Waals surface area contributed by atoms with Crippen molar-refractivity contribution < 1.29 is 9.90 Å². The number of rotatable bonds is 4. The quantitative estimate of drug-likeness (QED) is 0.903. The van der Waals surface area contributed by atoms with E-state index in [0.717, 1.165) is 47.5 Å². The van der Waals surface area contributed by atoms with Crippen LogP contribution in [0.15, 0.2) is 18.2 Å². The molecule has 1 atom stereocenters. The van der Waals surface area contributed by atoms with Crippen molar-refractivity contribution in [3.05, 3.63) is 52.1 Å². The third-order valence-electron chi connectivity index (χ3n) is 4.88. The molecule has 0 spiro atoms. The van der Waals surface area contributed by atoms with Crippen molar-refractivity contribution in [1.29, 1.82) is 0 Å². The fraction of sp³-hybridized carbons (Fsp3) is 0.474. The van der Waals surface area contributed by atoms with Gasteiger partial charge >= 0.3 is 0 Å². The molecule has 1 aromatic carbocycles. The lowest BCUT2D eigenvalue weighted by Crippen LogP contribution is -2.39. The van der Waals surface area contributed by atoms with Gasteiger partial charge in [0.05, 0.1) is 12.3 Å². The Morgan fingerprint density at radius 3 is 2.71 bits per heavy atom. The summed E-state index contributed by atoms with van der Waals surface area (Å²) in [6.45, 7) is 6.63. The predicted molar refractivity (Wildman–Crippen MR) is 93.2 cm³/mol. The Morgan fingerprint density at radius 1 is 1.33 bits per heavy atom. The van der Waals surface area contributed by atoms with Gasteiger partial charge in [-0.1, -0.05) is 18.2 Å². The molecule has 2 aromatic rings. The van der Waals surface area contributed by atoms with E-state index in [4.69, 9.17) is 0 Å². The van der Waals surface area contributed by atoms with Crippen molar-refractivity contribution in [3.8, 4) is 0 Å². The highest BCUT2D eigenvalue weighted by atomic mass is 16.3. The summed E-state index contributed by atoms with van der Waals surface area (Å²) in [6.07, 6.45) is 2.54. The van der Waals surface area contributed by atoms with E-state index < -0.39 is 0 Å². The third kappa shape index (κ3) is 3.08. The van der Waals surface area contributed by atoms with E-state index >= 15 is 0 Å². The molecule has 0 radical (unpaired) electrons. The Bertz CT molecular complexity index is 744. The van der Waals surface area contributed by atoms with Gasteiger partial charge in [0.15, 0.2) is 0 Å². The summed E-state index contributed by atoms with van der Waals surface area (Å²) in [4.78, 5) is 17.3. The minimum absolute atomic E-state index is 0.00515. The predicted octanol–water partition coefficient (Wildman–Crippen LogP) is 2.09. The number of aliphatic hydroxyl groups is 1. The van der Waals surface area contributed by atoms with Crippen LogP contribution in [0.5, 0.6) is 0 Å². The number of hydrogen-bond acceptors (Lipinski definition) is 3. The molecule has 0 fully saturated rings. The lowest BCUT2D eigenvalue weighted by molar-refractivity contribution is 0.0932. The molecule has 0 saturated carbocycles. The van der Waals surface area contributed by atoms with Crippen molar-refractivity contribution in [1.82, 2.24) is 14.9 Å².